The van der Waals surface area contributed by atoms with Crippen LogP contribution in [0.2, 0.25) is 0 Å². The lowest BCUT2D eigenvalue weighted by atomic mass is 10.2. The number of ether oxygens (including phenoxy) is 1. The monoisotopic (exact) mass is 495 g/mol. The lowest BCUT2D eigenvalue weighted by molar-refractivity contribution is -0.132. The molecule has 0 atom stereocenters. The molecule has 0 radical (unpaired) electrons. The lowest BCUT2D eigenvalue weighted by Crippen LogP contribution is -2.41. The third-order valence-electron chi connectivity index (χ3n) is 5.39. The number of hydrogen-bond acceptors (Lipinski definition) is 7. The molecule has 33 heavy (non-hydrogen) atoms. The van der Waals surface area contributed by atoms with Crippen molar-refractivity contribution in [3.63, 3.8) is 0 Å². The molecule has 0 spiro atoms. The topological polar surface area (TPSA) is 97.6 Å². The molecule has 1 aromatic carbocycles. The number of amides is 1. The van der Waals surface area contributed by atoms with Crippen LogP contribution in [0.3, 0.4) is 0 Å². The molecule has 0 aliphatic carbocycles. The normalized spacial score (nSPS) is 14.9. The highest BCUT2D eigenvalue weighted by Gasteiger charge is 2.24. The molecule has 182 valence electrons. The number of sulfonamides is 1. The van der Waals surface area contributed by atoms with Crippen molar-refractivity contribution < 1.29 is 17.9 Å². The summed E-state index contributed by atoms with van der Waals surface area (Å²) in [6.07, 6.45) is 0. The Labute approximate surface area is 200 Å². The fraction of sp³-hybridized carbons (Fsp3) is 0.591. The van der Waals surface area contributed by atoms with Gasteiger partial charge in [-0.15, -0.1) is 10.2 Å². The minimum Gasteiger partial charge on any atom is -0.378 e. The number of thioether (sulfide) groups is 1. The second-order valence-electron chi connectivity index (χ2n) is 8.21. The Kier molecular flexibility index (Phi) is 8.91. The van der Waals surface area contributed by atoms with Crippen molar-refractivity contribution in [1.29, 1.82) is 0 Å². The van der Waals surface area contributed by atoms with Gasteiger partial charge in [0.25, 0.3) is 0 Å². The number of hydrogen-bond donors (Lipinski definition) is 0. The number of carbonyl (C=O) groups is 1. The Bertz CT molecular complexity index is 1040. The number of rotatable bonds is 10. The van der Waals surface area contributed by atoms with Gasteiger partial charge in [-0.3, -0.25) is 4.79 Å². The minimum absolute atomic E-state index is 0.0521. The minimum atomic E-state index is -3.58. The Morgan fingerprint density at radius 2 is 1.88 bits per heavy atom. The molecule has 9 nitrogen and oxygen atoms in total. The summed E-state index contributed by atoms with van der Waals surface area (Å²) >= 11 is 1.36. The third-order valence-corrected chi connectivity index (χ3v) is 8.39. The Morgan fingerprint density at radius 1 is 1.18 bits per heavy atom. The van der Waals surface area contributed by atoms with Crippen molar-refractivity contribution in [3.8, 4) is 11.4 Å². The molecule has 0 saturated carbocycles. The van der Waals surface area contributed by atoms with Crippen molar-refractivity contribution in [2.75, 3.05) is 45.1 Å². The van der Waals surface area contributed by atoms with Crippen molar-refractivity contribution >= 4 is 27.7 Å². The molecule has 2 heterocycles. The van der Waals surface area contributed by atoms with E-state index in [0.29, 0.717) is 68.4 Å². The largest absolute Gasteiger partial charge is 0.378 e. The molecular weight excluding hydrogens is 462 g/mol. The highest BCUT2D eigenvalue weighted by Crippen LogP contribution is 2.28. The van der Waals surface area contributed by atoms with E-state index < -0.39 is 10.0 Å². The van der Waals surface area contributed by atoms with Gasteiger partial charge in [-0.1, -0.05) is 51.6 Å². The molecule has 1 fully saturated rings. The number of benzene rings is 1. The summed E-state index contributed by atoms with van der Waals surface area (Å²) in [7, 11) is -3.58. The van der Waals surface area contributed by atoms with Gasteiger partial charge in [-0.2, -0.15) is 4.31 Å². The van der Waals surface area contributed by atoms with E-state index in [1.807, 2.05) is 29.4 Å². The fourth-order valence-electron chi connectivity index (χ4n) is 3.68. The zero-order valence-corrected chi connectivity index (χ0v) is 21.4. The van der Waals surface area contributed by atoms with Gasteiger partial charge < -0.3 is 14.2 Å². The van der Waals surface area contributed by atoms with Gasteiger partial charge in [0.1, 0.15) is 0 Å². The van der Waals surface area contributed by atoms with Crippen LogP contribution in [-0.2, 0) is 26.1 Å². The third kappa shape index (κ3) is 6.14. The van der Waals surface area contributed by atoms with Crippen LogP contribution in [0.5, 0.6) is 0 Å². The first-order valence-electron chi connectivity index (χ1n) is 11.3. The van der Waals surface area contributed by atoms with E-state index in [2.05, 4.69) is 24.0 Å². The molecule has 0 N–H and O–H groups in total. The predicted molar refractivity (Wildman–Crippen MR) is 129 cm³/mol. The van der Waals surface area contributed by atoms with Gasteiger partial charge in [0.2, 0.25) is 15.9 Å². The van der Waals surface area contributed by atoms with Crippen molar-refractivity contribution in [3.05, 3.63) is 24.3 Å². The Morgan fingerprint density at radius 3 is 2.52 bits per heavy atom. The zero-order chi connectivity index (χ0) is 24.0. The molecule has 1 amide bonds. The summed E-state index contributed by atoms with van der Waals surface area (Å²) < 4.78 is 34.7. The van der Waals surface area contributed by atoms with Gasteiger partial charge >= 0.3 is 0 Å². The maximum absolute atomic E-state index is 13.0. The van der Waals surface area contributed by atoms with Crippen molar-refractivity contribution in [2.24, 2.45) is 5.92 Å². The van der Waals surface area contributed by atoms with Gasteiger partial charge in [-0.25, -0.2) is 8.42 Å². The van der Waals surface area contributed by atoms with E-state index >= 15 is 0 Å². The Balaban J connectivity index is 1.87. The smallest absolute Gasteiger partial charge is 0.243 e. The SMILES string of the molecule is CCN(CC)S(=O)(=O)c1cccc(-c2nnc(SCC(=O)N3CCOCC3)n2CC(C)C)c1. The van der Waals surface area contributed by atoms with Crippen molar-refractivity contribution in [2.45, 2.75) is 44.3 Å². The molecule has 11 heteroatoms. The van der Waals surface area contributed by atoms with Crippen LogP contribution in [0.25, 0.3) is 11.4 Å². The summed E-state index contributed by atoms with van der Waals surface area (Å²) in [5, 5.41) is 9.37. The van der Waals surface area contributed by atoms with Crippen molar-refractivity contribution in [1.82, 2.24) is 24.0 Å². The van der Waals surface area contributed by atoms with E-state index in [1.165, 1.54) is 16.1 Å². The standard InChI is InChI=1S/C22H33N5O4S2/c1-5-26(6-2)33(29,30)19-9-7-8-18(14-19)21-23-24-22(27(21)15-17(3)4)32-16-20(28)25-10-12-31-13-11-25/h7-9,14,17H,5-6,10-13,15-16H2,1-4H3. The number of morpholine rings is 1. The van der Waals surface area contributed by atoms with Crippen LogP contribution >= 0.6 is 11.8 Å². The fourth-order valence-corrected chi connectivity index (χ4v) is 6.03. The van der Waals surface area contributed by atoms with E-state index in [0.717, 1.165) is 0 Å². The molecule has 1 aromatic heterocycles. The summed E-state index contributed by atoms with van der Waals surface area (Å²) in [5.41, 5.74) is 0.683. The molecular formula is C22H33N5O4S2. The van der Waals surface area contributed by atoms with Crippen LogP contribution in [0.4, 0.5) is 0 Å². The summed E-state index contributed by atoms with van der Waals surface area (Å²) in [6.45, 7) is 11.7. The Hall–Kier alpha value is -1.95. The summed E-state index contributed by atoms with van der Waals surface area (Å²) in [4.78, 5) is 14.6. The number of nitrogens with zero attached hydrogens (tertiary/aromatic N) is 5. The first-order valence-corrected chi connectivity index (χ1v) is 13.7. The maximum Gasteiger partial charge on any atom is 0.243 e. The first kappa shape index (κ1) is 25.7. The number of carbonyl (C=O) groups excluding carboxylic acids is 1. The van der Waals surface area contributed by atoms with E-state index in [9.17, 15) is 13.2 Å². The second kappa shape index (κ2) is 11.5. The average Bonchev–Trinajstić information content (AvgIpc) is 3.20. The van der Waals surface area contributed by atoms with Gasteiger partial charge in [0.05, 0.1) is 23.9 Å². The van der Waals surface area contributed by atoms with Crippen LogP contribution in [0.15, 0.2) is 34.3 Å². The van der Waals surface area contributed by atoms with Gasteiger partial charge in [-0.05, 0) is 18.1 Å². The first-order chi connectivity index (χ1) is 15.8. The van der Waals surface area contributed by atoms with E-state index in [4.69, 9.17) is 4.74 Å². The predicted octanol–water partition coefficient (Wildman–Crippen LogP) is 2.58. The molecule has 1 aliphatic heterocycles. The molecule has 0 bridgehead atoms. The summed E-state index contributed by atoms with van der Waals surface area (Å²) in [5.74, 6) is 1.24. The highest BCUT2D eigenvalue weighted by molar-refractivity contribution is 7.99. The van der Waals surface area contributed by atoms with Gasteiger partial charge in [0.15, 0.2) is 11.0 Å². The van der Waals surface area contributed by atoms with Gasteiger partial charge in [0, 0.05) is 38.3 Å². The van der Waals surface area contributed by atoms with Crippen LogP contribution in [0.1, 0.15) is 27.7 Å². The van der Waals surface area contributed by atoms with Crippen LogP contribution in [-0.4, -0.2) is 83.4 Å². The molecule has 0 unspecified atom stereocenters. The van der Waals surface area contributed by atoms with Crippen LogP contribution in [0, 0.1) is 5.92 Å². The lowest BCUT2D eigenvalue weighted by Gasteiger charge is -2.26. The average molecular weight is 496 g/mol. The molecule has 1 aliphatic rings. The molecule has 2 aromatic rings. The quantitative estimate of drug-likeness (QED) is 0.467. The molecule has 1 saturated heterocycles. The van der Waals surface area contributed by atoms with E-state index in [1.54, 1.807) is 18.2 Å². The maximum atomic E-state index is 13.0. The summed E-state index contributed by atoms with van der Waals surface area (Å²) in [6, 6.07) is 6.84. The van der Waals surface area contributed by atoms with E-state index in [-0.39, 0.29) is 16.6 Å². The van der Waals surface area contributed by atoms with Crippen LogP contribution < -0.4 is 0 Å². The molecule has 3 rings (SSSR count). The highest BCUT2D eigenvalue weighted by atomic mass is 32.2. The second-order valence-corrected chi connectivity index (χ2v) is 11.1. The number of aromatic nitrogens is 3. The zero-order valence-electron chi connectivity index (χ0n) is 19.7.